The van der Waals surface area contributed by atoms with E-state index in [0.717, 1.165) is 19.4 Å². The van der Waals surface area contributed by atoms with Crippen molar-refractivity contribution in [1.29, 1.82) is 0 Å². The fourth-order valence-electron chi connectivity index (χ4n) is 3.55. The van der Waals surface area contributed by atoms with Crippen LogP contribution in [0.5, 0.6) is 11.5 Å². The molecule has 28 heavy (non-hydrogen) atoms. The van der Waals surface area contributed by atoms with Crippen molar-refractivity contribution >= 4 is 23.0 Å². The number of Topliss-reactive ketones (excluding diaryl/α,β-unsaturated/α-hetero) is 1. The monoisotopic (exact) mass is 401 g/mol. The summed E-state index contributed by atoms with van der Waals surface area (Å²) in [5, 5.41) is 0. The highest BCUT2D eigenvalue weighted by atomic mass is 32.1. The van der Waals surface area contributed by atoms with Crippen molar-refractivity contribution in [3.05, 3.63) is 45.6 Å². The van der Waals surface area contributed by atoms with Crippen LogP contribution >= 0.6 is 11.3 Å². The van der Waals surface area contributed by atoms with Gasteiger partial charge in [-0.2, -0.15) is 0 Å². The van der Waals surface area contributed by atoms with Gasteiger partial charge in [-0.05, 0) is 63.4 Å². The van der Waals surface area contributed by atoms with Crippen LogP contribution in [0.3, 0.4) is 0 Å². The molecule has 1 aliphatic heterocycles. The van der Waals surface area contributed by atoms with E-state index in [9.17, 15) is 9.59 Å². The molecule has 0 bridgehead atoms. The fraction of sp³-hybridized carbons (Fsp3) is 0.455. The highest BCUT2D eigenvalue weighted by molar-refractivity contribution is 7.12. The molecule has 0 aliphatic carbocycles. The van der Waals surface area contributed by atoms with Crippen molar-refractivity contribution in [2.75, 3.05) is 20.3 Å². The third kappa shape index (κ3) is 4.73. The van der Waals surface area contributed by atoms with Crippen LogP contribution in [0.2, 0.25) is 0 Å². The molecule has 1 fully saturated rings. The zero-order valence-corrected chi connectivity index (χ0v) is 17.5. The maximum Gasteiger partial charge on any atom is 0.223 e. The molecule has 2 aromatic rings. The second-order valence-electron chi connectivity index (χ2n) is 7.07. The highest BCUT2D eigenvalue weighted by Crippen LogP contribution is 2.36. The number of hydrogen-bond donors (Lipinski definition) is 0. The number of aryl methyl sites for hydroxylation is 1. The number of ketones is 1. The second kappa shape index (κ2) is 9.24. The summed E-state index contributed by atoms with van der Waals surface area (Å²) in [6.07, 6.45) is 3.21. The first-order valence-corrected chi connectivity index (χ1v) is 10.5. The molecule has 1 aromatic carbocycles. The smallest absolute Gasteiger partial charge is 0.223 e. The third-order valence-electron chi connectivity index (χ3n) is 5.03. The molecule has 2 heterocycles. The zero-order valence-electron chi connectivity index (χ0n) is 16.7. The molecule has 0 radical (unpaired) electrons. The predicted molar refractivity (Wildman–Crippen MR) is 110 cm³/mol. The standard InChI is InChI=1S/C22H27NO4S/c1-15-8-11-21(28-15)18-6-4-12-23(18)22(25)7-5-13-27-19-10-9-17(16(2)24)14-20(19)26-3/h8-11,14,18H,4-7,12-13H2,1-3H3. The minimum atomic E-state index is -0.0171. The van der Waals surface area contributed by atoms with Crippen LogP contribution in [0.4, 0.5) is 0 Å². The van der Waals surface area contributed by atoms with Gasteiger partial charge in [0.15, 0.2) is 17.3 Å². The molecular weight excluding hydrogens is 374 g/mol. The van der Waals surface area contributed by atoms with Gasteiger partial charge in [-0.3, -0.25) is 9.59 Å². The largest absolute Gasteiger partial charge is 0.493 e. The lowest BCUT2D eigenvalue weighted by atomic mass is 10.1. The number of methoxy groups -OCH3 is 1. The molecule has 1 saturated heterocycles. The first-order chi connectivity index (χ1) is 13.5. The maximum atomic E-state index is 12.7. The van der Waals surface area contributed by atoms with Crippen LogP contribution in [-0.4, -0.2) is 36.9 Å². The van der Waals surface area contributed by atoms with Crippen molar-refractivity contribution in [1.82, 2.24) is 4.90 Å². The summed E-state index contributed by atoms with van der Waals surface area (Å²) < 4.78 is 11.1. The van der Waals surface area contributed by atoms with E-state index in [1.807, 2.05) is 4.90 Å². The molecule has 1 aliphatic rings. The second-order valence-corrected chi connectivity index (χ2v) is 8.39. The quantitative estimate of drug-likeness (QED) is 0.471. The molecule has 1 unspecified atom stereocenters. The topological polar surface area (TPSA) is 55.8 Å². The zero-order chi connectivity index (χ0) is 20.1. The number of ether oxygens (including phenoxy) is 2. The van der Waals surface area contributed by atoms with E-state index < -0.39 is 0 Å². The van der Waals surface area contributed by atoms with Gasteiger partial charge in [0.05, 0.1) is 19.8 Å². The summed E-state index contributed by atoms with van der Waals surface area (Å²) in [4.78, 5) is 28.8. The van der Waals surface area contributed by atoms with E-state index in [1.54, 1.807) is 36.6 Å². The Morgan fingerprint density at radius 1 is 1.21 bits per heavy atom. The number of hydrogen-bond acceptors (Lipinski definition) is 5. The van der Waals surface area contributed by atoms with Crippen molar-refractivity contribution in [3.63, 3.8) is 0 Å². The number of likely N-dealkylation sites (tertiary alicyclic amines) is 1. The molecule has 150 valence electrons. The Morgan fingerprint density at radius 2 is 2.04 bits per heavy atom. The fourth-order valence-corrected chi connectivity index (χ4v) is 4.57. The summed E-state index contributed by atoms with van der Waals surface area (Å²) in [6, 6.07) is 9.65. The van der Waals surface area contributed by atoms with Crippen LogP contribution in [-0.2, 0) is 4.79 Å². The molecule has 6 heteroatoms. The van der Waals surface area contributed by atoms with E-state index in [4.69, 9.17) is 9.47 Å². The number of rotatable bonds is 8. The van der Waals surface area contributed by atoms with Gasteiger partial charge in [0.2, 0.25) is 5.91 Å². The van der Waals surface area contributed by atoms with Gasteiger partial charge in [0.25, 0.3) is 0 Å². The Kier molecular flexibility index (Phi) is 6.73. The Balaban J connectivity index is 1.51. The molecule has 1 amide bonds. The molecular formula is C22H27NO4S. The number of carbonyl (C=O) groups is 2. The molecule has 0 spiro atoms. The summed E-state index contributed by atoms with van der Waals surface area (Å²) >= 11 is 1.78. The van der Waals surface area contributed by atoms with E-state index in [2.05, 4.69) is 19.1 Å². The first kappa shape index (κ1) is 20.4. The van der Waals surface area contributed by atoms with E-state index in [0.29, 0.717) is 36.5 Å². The average Bonchev–Trinajstić information content (AvgIpc) is 3.33. The average molecular weight is 402 g/mol. The number of amides is 1. The Bertz CT molecular complexity index is 845. The summed E-state index contributed by atoms with van der Waals surface area (Å²) in [5.74, 6) is 1.30. The molecule has 5 nitrogen and oxygen atoms in total. The van der Waals surface area contributed by atoms with Crippen LogP contribution in [0.1, 0.15) is 58.8 Å². The minimum absolute atomic E-state index is 0.0171. The van der Waals surface area contributed by atoms with Gasteiger partial charge in [-0.25, -0.2) is 0 Å². The number of thiophene rings is 1. The van der Waals surface area contributed by atoms with Gasteiger partial charge in [0.1, 0.15) is 0 Å². The molecule has 0 N–H and O–H groups in total. The van der Waals surface area contributed by atoms with Gasteiger partial charge in [-0.15, -0.1) is 11.3 Å². The van der Waals surface area contributed by atoms with E-state index in [1.165, 1.54) is 16.7 Å². The number of carbonyl (C=O) groups excluding carboxylic acids is 2. The third-order valence-corrected chi connectivity index (χ3v) is 6.13. The lowest BCUT2D eigenvalue weighted by molar-refractivity contribution is -0.132. The van der Waals surface area contributed by atoms with Crippen LogP contribution in [0.25, 0.3) is 0 Å². The van der Waals surface area contributed by atoms with Crippen LogP contribution < -0.4 is 9.47 Å². The number of nitrogens with zero attached hydrogens (tertiary/aromatic N) is 1. The lowest BCUT2D eigenvalue weighted by Crippen LogP contribution is -2.30. The number of benzene rings is 1. The van der Waals surface area contributed by atoms with Crippen LogP contribution in [0.15, 0.2) is 30.3 Å². The Morgan fingerprint density at radius 3 is 2.71 bits per heavy atom. The molecule has 1 aromatic heterocycles. The van der Waals surface area contributed by atoms with E-state index in [-0.39, 0.29) is 17.7 Å². The lowest BCUT2D eigenvalue weighted by Gasteiger charge is -2.24. The van der Waals surface area contributed by atoms with Gasteiger partial charge in [-0.1, -0.05) is 0 Å². The van der Waals surface area contributed by atoms with Gasteiger partial charge >= 0.3 is 0 Å². The van der Waals surface area contributed by atoms with Gasteiger partial charge < -0.3 is 14.4 Å². The maximum absolute atomic E-state index is 12.7. The Labute approximate surface area is 170 Å². The van der Waals surface area contributed by atoms with Crippen molar-refractivity contribution < 1.29 is 19.1 Å². The van der Waals surface area contributed by atoms with Gasteiger partial charge in [0, 0.05) is 28.3 Å². The SMILES string of the molecule is COc1cc(C(C)=O)ccc1OCCCC(=O)N1CCCC1c1ccc(C)s1. The van der Waals surface area contributed by atoms with Crippen molar-refractivity contribution in [3.8, 4) is 11.5 Å². The summed E-state index contributed by atoms with van der Waals surface area (Å²) in [7, 11) is 1.55. The molecule has 0 saturated carbocycles. The normalized spacial score (nSPS) is 16.2. The summed E-state index contributed by atoms with van der Waals surface area (Å²) in [5.41, 5.74) is 0.586. The highest BCUT2D eigenvalue weighted by Gasteiger charge is 2.30. The minimum Gasteiger partial charge on any atom is -0.493 e. The first-order valence-electron chi connectivity index (χ1n) is 9.67. The van der Waals surface area contributed by atoms with E-state index >= 15 is 0 Å². The predicted octanol–water partition coefficient (Wildman–Crippen LogP) is 4.79. The van der Waals surface area contributed by atoms with Crippen molar-refractivity contribution in [2.45, 2.75) is 45.6 Å². The molecule has 1 atom stereocenters. The summed E-state index contributed by atoms with van der Waals surface area (Å²) in [6.45, 7) is 4.88. The molecule has 3 rings (SSSR count). The Hall–Kier alpha value is -2.34. The van der Waals surface area contributed by atoms with Crippen molar-refractivity contribution in [2.24, 2.45) is 0 Å². The van der Waals surface area contributed by atoms with Crippen LogP contribution in [0, 0.1) is 6.92 Å².